The van der Waals surface area contributed by atoms with Crippen molar-refractivity contribution in [2.75, 3.05) is 19.3 Å². The van der Waals surface area contributed by atoms with Crippen molar-refractivity contribution >= 4 is 17.7 Å². The predicted octanol–water partition coefficient (Wildman–Crippen LogP) is 2.15. The molecule has 0 unspecified atom stereocenters. The van der Waals surface area contributed by atoms with Gasteiger partial charge in [0, 0.05) is 25.8 Å². The first-order valence-corrected chi connectivity index (χ1v) is 6.71. The van der Waals surface area contributed by atoms with Crippen LogP contribution >= 0.6 is 11.8 Å². The molecule has 1 amide bonds. The fraction of sp³-hybridized carbons (Fsp3) is 0.583. The summed E-state index contributed by atoms with van der Waals surface area (Å²) in [6.45, 7) is 4.24. The average Bonchev–Trinajstić information content (AvgIpc) is 2.65. The molecular weight excluding hydrogens is 250 g/mol. The molecule has 0 aliphatic heterocycles. The van der Waals surface area contributed by atoms with E-state index in [0.717, 1.165) is 11.5 Å². The van der Waals surface area contributed by atoms with Gasteiger partial charge in [0.05, 0.1) is 18.2 Å². The summed E-state index contributed by atoms with van der Waals surface area (Å²) in [5.41, 5.74) is 0.884. The van der Waals surface area contributed by atoms with Crippen molar-refractivity contribution in [3.63, 3.8) is 0 Å². The highest BCUT2D eigenvalue weighted by Crippen LogP contribution is 2.20. The number of hydrogen-bond acceptors (Lipinski definition) is 5. The number of carbonyl (C=O) groups is 1. The Morgan fingerprint density at radius 1 is 1.56 bits per heavy atom. The van der Waals surface area contributed by atoms with Crippen LogP contribution < -0.4 is 0 Å². The Morgan fingerprint density at radius 2 is 2.28 bits per heavy atom. The first-order chi connectivity index (χ1) is 8.54. The number of nitrogens with zero attached hydrogens (tertiary/aromatic N) is 3. The fourth-order valence-electron chi connectivity index (χ4n) is 1.26. The van der Waals surface area contributed by atoms with Gasteiger partial charge in [0.2, 0.25) is 5.91 Å². The number of oxazole rings is 1. The third-order valence-corrected chi connectivity index (χ3v) is 3.36. The van der Waals surface area contributed by atoms with Crippen molar-refractivity contribution in [1.82, 2.24) is 9.88 Å². The van der Waals surface area contributed by atoms with E-state index in [0.29, 0.717) is 30.4 Å². The van der Waals surface area contributed by atoms with Gasteiger partial charge in [0.15, 0.2) is 0 Å². The summed E-state index contributed by atoms with van der Waals surface area (Å²) in [5, 5.41) is 9.05. The van der Waals surface area contributed by atoms with E-state index in [4.69, 9.17) is 9.68 Å². The van der Waals surface area contributed by atoms with Crippen LogP contribution in [0.4, 0.5) is 0 Å². The molecule has 1 aromatic rings. The van der Waals surface area contributed by atoms with Crippen LogP contribution in [0.1, 0.15) is 24.3 Å². The minimum Gasteiger partial charge on any atom is -0.437 e. The number of amides is 1. The van der Waals surface area contributed by atoms with Crippen LogP contribution in [0.5, 0.6) is 0 Å². The molecule has 0 spiro atoms. The van der Waals surface area contributed by atoms with Gasteiger partial charge in [-0.2, -0.15) is 5.26 Å². The molecule has 1 heterocycles. The average molecular weight is 267 g/mol. The molecule has 0 fully saturated rings. The minimum atomic E-state index is 0.0396. The Hall–Kier alpha value is -1.48. The zero-order chi connectivity index (χ0) is 13.5. The monoisotopic (exact) mass is 267 g/mol. The van der Waals surface area contributed by atoms with Gasteiger partial charge in [-0.3, -0.25) is 4.79 Å². The van der Waals surface area contributed by atoms with Gasteiger partial charge in [-0.1, -0.05) is 11.8 Å². The number of carbonyl (C=O) groups excluding carboxylic acids is 1. The Bertz CT molecular complexity index is 431. The topological polar surface area (TPSA) is 70.1 Å². The predicted molar refractivity (Wildman–Crippen MR) is 69.2 cm³/mol. The molecule has 6 heteroatoms. The van der Waals surface area contributed by atoms with Gasteiger partial charge in [0.1, 0.15) is 5.76 Å². The van der Waals surface area contributed by atoms with Crippen LogP contribution in [0, 0.1) is 25.2 Å². The van der Waals surface area contributed by atoms with E-state index >= 15 is 0 Å². The second kappa shape index (κ2) is 7.07. The lowest BCUT2D eigenvalue weighted by Crippen LogP contribution is -2.27. The summed E-state index contributed by atoms with van der Waals surface area (Å²) in [5.74, 6) is 1.49. The first-order valence-electron chi connectivity index (χ1n) is 5.72. The van der Waals surface area contributed by atoms with Crippen LogP contribution in [0.25, 0.3) is 0 Å². The number of thioether (sulfide) groups is 1. The number of rotatable bonds is 6. The number of nitriles is 1. The lowest BCUT2D eigenvalue weighted by molar-refractivity contribution is -0.129. The largest absolute Gasteiger partial charge is 0.437 e. The van der Waals surface area contributed by atoms with Crippen LogP contribution in [-0.4, -0.2) is 35.1 Å². The molecular formula is C12H17N3O2S. The highest BCUT2D eigenvalue weighted by molar-refractivity contribution is 7.99. The molecule has 0 saturated heterocycles. The summed E-state index contributed by atoms with van der Waals surface area (Å²) in [7, 11) is 1.71. The molecule has 0 saturated carbocycles. The van der Waals surface area contributed by atoms with Crippen LogP contribution in [0.2, 0.25) is 0 Å². The summed E-state index contributed by atoms with van der Waals surface area (Å²) in [4.78, 5) is 17.5. The Labute approximate surface area is 111 Å². The first kappa shape index (κ1) is 14.6. The van der Waals surface area contributed by atoms with E-state index in [2.05, 4.69) is 4.98 Å². The summed E-state index contributed by atoms with van der Waals surface area (Å²) in [6, 6.07) is 2.02. The maximum absolute atomic E-state index is 11.7. The van der Waals surface area contributed by atoms with E-state index < -0.39 is 0 Å². The molecule has 0 N–H and O–H groups in total. The fourth-order valence-corrected chi connectivity index (χ4v) is 2.10. The lowest BCUT2D eigenvalue weighted by Gasteiger charge is -2.14. The van der Waals surface area contributed by atoms with Gasteiger partial charge in [0.25, 0.3) is 5.22 Å². The molecule has 0 atom stereocenters. The minimum absolute atomic E-state index is 0.0396. The van der Waals surface area contributed by atoms with Gasteiger partial charge in [-0.25, -0.2) is 4.98 Å². The molecule has 0 radical (unpaired) electrons. The second-order valence-electron chi connectivity index (χ2n) is 3.94. The van der Waals surface area contributed by atoms with Gasteiger partial charge < -0.3 is 9.32 Å². The second-order valence-corrected chi connectivity index (χ2v) is 4.99. The van der Waals surface area contributed by atoms with E-state index in [-0.39, 0.29) is 5.91 Å². The number of hydrogen-bond donors (Lipinski definition) is 0. The third-order valence-electron chi connectivity index (χ3n) is 2.54. The Morgan fingerprint density at radius 3 is 2.83 bits per heavy atom. The summed E-state index contributed by atoms with van der Waals surface area (Å²) in [6.07, 6.45) is 0.792. The Balaban J connectivity index is 2.29. The van der Waals surface area contributed by atoms with Gasteiger partial charge in [-0.15, -0.1) is 0 Å². The van der Waals surface area contributed by atoms with Crippen molar-refractivity contribution in [1.29, 1.82) is 5.26 Å². The van der Waals surface area contributed by atoms with E-state index in [9.17, 15) is 4.79 Å². The maximum Gasteiger partial charge on any atom is 0.256 e. The quantitative estimate of drug-likeness (QED) is 0.738. The third kappa shape index (κ3) is 4.41. The molecule has 1 aromatic heterocycles. The zero-order valence-electron chi connectivity index (χ0n) is 10.9. The van der Waals surface area contributed by atoms with Gasteiger partial charge >= 0.3 is 0 Å². The van der Waals surface area contributed by atoms with Crippen molar-refractivity contribution in [2.45, 2.75) is 31.9 Å². The molecule has 0 aliphatic carbocycles. The highest BCUT2D eigenvalue weighted by atomic mass is 32.2. The van der Waals surface area contributed by atoms with Crippen molar-refractivity contribution < 1.29 is 9.21 Å². The van der Waals surface area contributed by atoms with Crippen molar-refractivity contribution in [2.24, 2.45) is 0 Å². The van der Waals surface area contributed by atoms with E-state index in [1.807, 2.05) is 19.9 Å². The smallest absolute Gasteiger partial charge is 0.256 e. The van der Waals surface area contributed by atoms with E-state index in [1.165, 1.54) is 11.8 Å². The lowest BCUT2D eigenvalue weighted by atomic mass is 10.3. The van der Waals surface area contributed by atoms with Crippen molar-refractivity contribution in [3.05, 3.63) is 11.5 Å². The molecule has 1 rings (SSSR count). The van der Waals surface area contributed by atoms with Gasteiger partial charge in [-0.05, 0) is 13.8 Å². The molecule has 0 bridgehead atoms. The van der Waals surface area contributed by atoms with Crippen molar-refractivity contribution in [3.8, 4) is 6.07 Å². The van der Waals surface area contributed by atoms with Crippen LogP contribution in [0.15, 0.2) is 9.64 Å². The summed E-state index contributed by atoms with van der Waals surface area (Å²) >= 11 is 1.43. The standard InChI is InChI=1S/C12H17N3O2S/c1-9-10(2)17-12(14-9)18-8-5-11(16)15(3)7-4-6-13/h4-5,7-8H2,1-3H3. The molecule has 5 nitrogen and oxygen atoms in total. The number of aromatic nitrogens is 1. The SMILES string of the molecule is Cc1nc(SCCC(=O)N(C)CCC#N)oc1C. The maximum atomic E-state index is 11.7. The highest BCUT2D eigenvalue weighted by Gasteiger charge is 2.10. The molecule has 0 aromatic carbocycles. The summed E-state index contributed by atoms with van der Waals surface area (Å²) < 4.78 is 5.41. The molecule has 18 heavy (non-hydrogen) atoms. The van der Waals surface area contributed by atoms with Crippen LogP contribution in [-0.2, 0) is 4.79 Å². The molecule has 0 aliphatic rings. The Kier molecular flexibility index (Phi) is 5.72. The zero-order valence-corrected chi connectivity index (χ0v) is 11.7. The number of aryl methyl sites for hydroxylation is 2. The molecule has 98 valence electrons. The van der Waals surface area contributed by atoms with E-state index in [1.54, 1.807) is 11.9 Å². The van der Waals surface area contributed by atoms with Crippen LogP contribution in [0.3, 0.4) is 0 Å². The normalized spacial score (nSPS) is 10.1.